The quantitative estimate of drug-likeness (QED) is 0.531. The molecule has 0 aliphatic rings. The lowest BCUT2D eigenvalue weighted by molar-refractivity contribution is 0.185. The van der Waals surface area contributed by atoms with Crippen molar-refractivity contribution in [1.82, 2.24) is 14.8 Å². The molecule has 1 unspecified atom stereocenters. The highest BCUT2D eigenvalue weighted by Crippen LogP contribution is 2.28. The summed E-state index contributed by atoms with van der Waals surface area (Å²) in [5.41, 5.74) is 4.54. The number of thioether (sulfide) groups is 1. The highest BCUT2D eigenvalue weighted by atomic mass is 32.2. The molecule has 1 heterocycles. The molecule has 0 bridgehead atoms. The normalized spacial score (nSPS) is 11.9. The minimum atomic E-state index is -0.237. The molecule has 3 rings (SSSR count). The highest BCUT2D eigenvalue weighted by molar-refractivity contribution is 8.00. The molecule has 0 N–H and O–H groups in total. The SMILES string of the molecule is COCCn1c(SC(C#N)Cc2ccc(C)cc2)nnc1-c1cccc(C)c1. The molecular formula is C22H24N4OS. The Morgan fingerprint density at radius 3 is 2.57 bits per heavy atom. The highest BCUT2D eigenvalue weighted by Gasteiger charge is 2.19. The first-order chi connectivity index (χ1) is 13.6. The predicted octanol–water partition coefficient (Wildman–Crippen LogP) is 4.44. The number of aryl methyl sites for hydroxylation is 2. The second-order valence-electron chi connectivity index (χ2n) is 6.75. The molecule has 1 atom stereocenters. The Labute approximate surface area is 170 Å². The molecule has 144 valence electrons. The average Bonchev–Trinajstić information content (AvgIpc) is 3.09. The van der Waals surface area contributed by atoms with E-state index in [9.17, 15) is 5.26 Å². The molecule has 0 fully saturated rings. The first-order valence-electron chi connectivity index (χ1n) is 9.21. The second-order valence-corrected chi connectivity index (χ2v) is 7.92. The van der Waals surface area contributed by atoms with Gasteiger partial charge in [-0.15, -0.1) is 10.2 Å². The second kappa shape index (κ2) is 9.54. The van der Waals surface area contributed by atoms with Gasteiger partial charge in [-0.1, -0.05) is 65.4 Å². The Morgan fingerprint density at radius 1 is 1.11 bits per heavy atom. The van der Waals surface area contributed by atoms with Crippen LogP contribution in [0.2, 0.25) is 0 Å². The molecule has 0 saturated heterocycles. The molecule has 0 aliphatic carbocycles. The van der Waals surface area contributed by atoms with Gasteiger partial charge in [-0.25, -0.2) is 0 Å². The van der Waals surface area contributed by atoms with Crippen molar-refractivity contribution in [3.63, 3.8) is 0 Å². The lowest BCUT2D eigenvalue weighted by Gasteiger charge is -2.12. The molecule has 3 aromatic rings. The number of ether oxygens (including phenoxy) is 1. The molecule has 0 saturated carbocycles. The van der Waals surface area contributed by atoms with Crippen LogP contribution >= 0.6 is 11.8 Å². The molecule has 0 radical (unpaired) electrons. The first kappa shape index (κ1) is 20.1. The van der Waals surface area contributed by atoms with Crippen LogP contribution < -0.4 is 0 Å². The summed E-state index contributed by atoms with van der Waals surface area (Å²) in [5.74, 6) is 0.801. The minimum Gasteiger partial charge on any atom is -0.383 e. The monoisotopic (exact) mass is 392 g/mol. The van der Waals surface area contributed by atoms with Gasteiger partial charge in [-0.05, 0) is 31.9 Å². The third-order valence-corrected chi connectivity index (χ3v) is 5.51. The largest absolute Gasteiger partial charge is 0.383 e. The van der Waals surface area contributed by atoms with Gasteiger partial charge >= 0.3 is 0 Å². The van der Waals surface area contributed by atoms with E-state index < -0.39 is 0 Å². The average molecular weight is 393 g/mol. The Kier molecular flexibility index (Phi) is 6.85. The van der Waals surface area contributed by atoms with Gasteiger partial charge in [-0.3, -0.25) is 4.57 Å². The first-order valence-corrected chi connectivity index (χ1v) is 10.1. The van der Waals surface area contributed by atoms with Crippen LogP contribution in [0.5, 0.6) is 0 Å². The van der Waals surface area contributed by atoms with Crippen LogP contribution in [-0.4, -0.2) is 33.7 Å². The number of aromatic nitrogens is 3. The fourth-order valence-electron chi connectivity index (χ4n) is 2.94. The topological polar surface area (TPSA) is 63.7 Å². The summed E-state index contributed by atoms with van der Waals surface area (Å²) in [5, 5.41) is 19.0. The third kappa shape index (κ3) is 5.00. The zero-order chi connectivity index (χ0) is 19.9. The van der Waals surface area contributed by atoms with Crippen molar-refractivity contribution in [1.29, 1.82) is 5.26 Å². The molecule has 0 spiro atoms. The van der Waals surface area contributed by atoms with Gasteiger partial charge in [0.05, 0.1) is 19.2 Å². The number of nitrogens with zero attached hydrogens (tertiary/aromatic N) is 4. The van der Waals surface area contributed by atoms with Gasteiger partial charge < -0.3 is 4.74 Å². The van der Waals surface area contributed by atoms with Crippen LogP contribution in [-0.2, 0) is 17.7 Å². The lowest BCUT2D eigenvalue weighted by atomic mass is 10.1. The van der Waals surface area contributed by atoms with Crippen LogP contribution in [0.4, 0.5) is 0 Å². The zero-order valence-corrected chi connectivity index (χ0v) is 17.2. The maximum Gasteiger partial charge on any atom is 0.192 e. The molecule has 6 heteroatoms. The van der Waals surface area contributed by atoms with Crippen LogP contribution in [0.3, 0.4) is 0 Å². The Morgan fingerprint density at radius 2 is 1.89 bits per heavy atom. The van der Waals surface area contributed by atoms with E-state index in [1.165, 1.54) is 22.9 Å². The van der Waals surface area contributed by atoms with Crippen LogP contribution in [0, 0.1) is 25.2 Å². The minimum absolute atomic E-state index is 0.237. The maximum absolute atomic E-state index is 9.68. The van der Waals surface area contributed by atoms with E-state index in [-0.39, 0.29) is 5.25 Å². The molecule has 0 aliphatic heterocycles. The van der Waals surface area contributed by atoms with Gasteiger partial charge in [0.15, 0.2) is 11.0 Å². The summed E-state index contributed by atoms with van der Waals surface area (Å²) in [6, 6.07) is 18.9. The summed E-state index contributed by atoms with van der Waals surface area (Å²) >= 11 is 1.46. The lowest BCUT2D eigenvalue weighted by Crippen LogP contribution is -2.10. The summed E-state index contributed by atoms with van der Waals surface area (Å²) in [6.45, 7) is 5.31. The van der Waals surface area contributed by atoms with Crippen molar-refractivity contribution < 1.29 is 4.74 Å². The summed E-state index contributed by atoms with van der Waals surface area (Å²) in [7, 11) is 1.68. The molecule has 0 amide bonds. The molecule has 5 nitrogen and oxygen atoms in total. The molecule has 2 aromatic carbocycles. The van der Waals surface area contributed by atoms with Crippen molar-refractivity contribution in [2.75, 3.05) is 13.7 Å². The van der Waals surface area contributed by atoms with Crippen LogP contribution in [0.15, 0.2) is 53.7 Å². The number of hydrogen-bond donors (Lipinski definition) is 0. The standard InChI is InChI=1S/C22H24N4OS/c1-16-7-9-18(10-8-16)14-20(15-23)28-22-25-24-21(26(22)11-12-27-3)19-6-4-5-17(2)13-19/h4-10,13,20H,11-12,14H2,1-3H3. The van der Waals surface area contributed by atoms with Gasteiger partial charge in [0, 0.05) is 12.7 Å². The van der Waals surface area contributed by atoms with E-state index in [1.807, 2.05) is 16.7 Å². The van der Waals surface area contributed by atoms with E-state index in [4.69, 9.17) is 4.74 Å². The summed E-state index contributed by atoms with van der Waals surface area (Å²) < 4.78 is 7.32. The van der Waals surface area contributed by atoms with Crippen molar-refractivity contribution in [2.24, 2.45) is 0 Å². The van der Waals surface area contributed by atoms with Gasteiger partial charge in [0.2, 0.25) is 0 Å². The number of nitriles is 1. The zero-order valence-electron chi connectivity index (χ0n) is 16.4. The van der Waals surface area contributed by atoms with E-state index in [0.717, 1.165) is 22.1 Å². The maximum atomic E-state index is 9.68. The summed E-state index contributed by atoms with van der Waals surface area (Å²) in [4.78, 5) is 0. The fraction of sp³-hybridized carbons (Fsp3) is 0.318. The smallest absolute Gasteiger partial charge is 0.192 e. The summed E-state index contributed by atoms with van der Waals surface area (Å²) in [6.07, 6.45) is 0.665. The molecular weight excluding hydrogens is 368 g/mol. The number of hydrogen-bond acceptors (Lipinski definition) is 5. The Balaban J connectivity index is 1.85. The van der Waals surface area contributed by atoms with E-state index in [2.05, 4.69) is 66.5 Å². The molecule has 1 aromatic heterocycles. The van der Waals surface area contributed by atoms with Crippen molar-refractivity contribution in [2.45, 2.75) is 37.2 Å². The van der Waals surface area contributed by atoms with E-state index >= 15 is 0 Å². The van der Waals surface area contributed by atoms with Gasteiger partial charge in [-0.2, -0.15) is 5.26 Å². The van der Waals surface area contributed by atoms with Crippen molar-refractivity contribution in [3.05, 3.63) is 65.2 Å². The van der Waals surface area contributed by atoms with Crippen LogP contribution in [0.1, 0.15) is 16.7 Å². The van der Waals surface area contributed by atoms with E-state index in [0.29, 0.717) is 19.6 Å². The number of methoxy groups -OCH3 is 1. The van der Waals surface area contributed by atoms with Gasteiger partial charge in [0.25, 0.3) is 0 Å². The fourth-order valence-corrected chi connectivity index (χ4v) is 3.91. The number of rotatable bonds is 8. The van der Waals surface area contributed by atoms with Crippen molar-refractivity contribution in [3.8, 4) is 17.5 Å². The molecule has 28 heavy (non-hydrogen) atoms. The van der Waals surface area contributed by atoms with Crippen molar-refractivity contribution >= 4 is 11.8 Å². The Hall–Kier alpha value is -2.62. The third-order valence-electron chi connectivity index (χ3n) is 4.45. The van der Waals surface area contributed by atoms with Crippen LogP contribution in [0.25, 0.3) is 11.4 Å². The van der Waals surface area contributed by atoms with E-state index in [1.54, 1.807) is 7.11 Å². The Bertz CT molecular complexity index is 959. The van der Waals surface area contributed by atoms with Gasteiger partial charge in [0.1, 0.15) is 5.25 Å². The number of benzene rings is 2. The predicted molar refractivity (Wildman–Crippen MR) is 112 cm³/mol.